The van der Waals surface area contributed by atoms with Crippen molar-refractivity contribution < 1.29 is 9.84 Å². The SMILES string of the molecule is CCCC(OC)c1nc(C)cc(CO)n1. The zero-order chi connectivity index (χ0) is 11.3. The lowest BCUT2D eigenvalue weighted by Gasteiger charge is -2.14. The van der Waals surface area contributed by atoms with E-state index < -0.39 is 0 Å². The van der Waals surface area contributed by atoms with Crippen molar-refractivity contribution in [3.05, 3.63) is 23.3 Å². The van der Waals surface area contributed by atoms with Crippen molar-refractivity contribution in [3.8, 4) is 0 Å². The summed E-state index contributed by atoms with van der Waals surface area (Å²) in [6.07, 6.45) is 1.84. The van der Waals surface area contributed by atoms with Crippen LogP contribution in [0.2, 0.25) is 0 Å². The van der Waals surface area contributed by atoms with Crippen molar-refractivity contribution in [1.82, 2.24) is 9.97 Å². The van der Waals surface area contributed by atoms with Crippen LogP contribution in [-0.2, 0) is 11.3 Å². The lowest BCUT2D eigenvalue weighted by molar-refractivity contribution is 0.0869. The van der Waals surface area contributed by atoms with E-state index in [9.17, 15) is 0 Å². The van der Waals surface area contributed by atoms with Gasteiger partial charge in [-0.25, -0.2) is 9.97 Å². The molecular formula is C11H18N2O2. The summed E-state index contributed by atoms with van der Waals surface area (Å²) >= 11 is 0. The monoisotopic (exact) mass is 210 g/mol. The number of aromatic nitrogens is 2. The Morgan fingerprint density at radius 2 is 2.20 bits per heavy atom. The van der Waals surface area contributed by atoms with Gasteiger partial charge in [-0.05, 0) is 19.4 Å². The van der Waals surface area contributed by atoms with Gasteiger partial charge in [-0.2, -0.15) is 0 Å². The minimum Gasteiger partial charge on any atom is -0.390 e. The summed E-state index contributed by atoms with van der Waals surface area (Å²) in [6, 6.07) is 1.78. The molecule has 0 saturated heterocycles. The van der Waals surface area contributed by atoms with E-state index in [1.807, 2.05) is 6.92 Å². The largest absolute Gasteiger partial charge is 0.390 e. The van der Waals surface area contributed by atoms with Crippen LogP contribution >= 0.6 is 0 Å². The van der Waals surface area contributed by atoms with E-state index in [1.54, 1.807) is 13.2 Å². The van der Waals surface area contributed by atoms with Crippen LogP contribution < -0.4 is 0 Å². The highest BCUT2D eigenvalue weighted by atomic mass is 16.5. The van der Waals surface area contributed by atoms with E-state index in [0.29, 0.717) is 11.5 Å². The average Bonchev–Trinajstić information content (AvgIpc) is 2.24. The fourth-order valence-electron chi connectivity index (χ4n) is 1.50. The van der Waals surface area contributed by atoms with Crippen LogP contribution in [0.1, 0.15) is 43.1 Å². The van der Waals surface area contributed by atoms with Gasteiger partial charge in [0, 0.05) is 12.8 Å². The maximum Gasteiger partial charge on any atom is 0.157 e. The fourth-order valence-corrected chi connectivity index (χ4v) is 1.50. The first-order valence-corrected chi connectivity index (χ1v) is 5.19. The van der Waals surface area contributed by atoms with Gasteiger partial charge in [0.05, 0.1) is 12.3 Å². The molecule has 0 bridgehead atoms. The normalized spacial score (nSPS) is 12.8. The van der Waals surface area contributed by atoms with Crippen LogP contribution in [0.4, 0.5) is 0 Å². The summed E-state index contributed by atoms with van der Waals surface area (Å²) in [6.45, 7) is 3.93. The second-order valence-corrected chi connectivity index (χ2v) is 3.53. The molecule has 15 heavy (non-hydrogen) atoms. The molecular weight excluding hydrogens is 192 g/mol. The van der Waals surface area contributed by atoms with Gasteiger partial charge in [0.25, 0.3) is 0 Å². The molecule has 1 unspecified atom stereocenters. The number of aryl methyl sites for hydroxylation is 1. The van der Waals surface area contributed by atoms with E-state index in [0.717, 1.165) is 18.5 Å². The third-order valence-corrected chi connectivity index (χ3v) is 2.21. The summed E-state index contributed by atoms with van der Waals surface area (Å²) < 4.78 is 5.32. The molecule has 1 aromatic heterocycles. The van der Waals surface area contributed by atoms with Gasteiger partial charge in [-0.1, -0.05) is 13.3 Å². The number of aliphatic hydroxyl groups excluding tert-OH is 1. The van der Waals surface area contributed by atoms with Crippen LogP contribution in [0.5, 0.6) is 0 Å². The first kappa shape index (κ1) is 12.1. The number of ether oxygens (including phenoxy) is 1. The van der Waals surface area contributed by atoms with Crippen molar-refractivity contribution in [2.75, 3.05) is 7.11 Å². The second kappa shape index (κ2) is 5.78. The average molecular weight is 210 g/mol. The van der Waals surface area contributed by atoms with Crippen molar-refractivity contribution in [2.24, 2.45) is 0 Å². The molecule has 0 radical (unpaired) electrons. The van der Waals surface area contributed by atoms with Gasteiger partial charge in [0.1, 0.15) is 6.10 Å². The lowest BCUT2D eigenvalue weighted by Crippen LogP contribution is -2.09. The van der Waals surface area contributed by atoms with Crippen LogP contribution in [0.3, 0.4) is 0 Å². The highest BCUT2D eigenvalue weighted by molar-refractivity contribution is 5.10. The predicted octanol–water partition coefficient (Wildman–Crippen LogP) is 1.76. The fraction of sp³-hybridized carbons (Fsp3) is 0.636. The lowest BCUT2D eigenvalue weighted by atomic mass is 10.2. The summed E-state index contributed by atoms with van der Waals surface area (Å²) in [5, 5.41) is 9.04. The molecule has 0 fully saturated rings. The van der Waals surface area contributed by atoms with Crippen LogP contribution in [0.25, 0.3) is 0 Å². The van der Waals surface area contributed by atoms with E-state index in [2.05, 4.69) is 16.9 Å². The maximum atomic E-state index is 9.04. The molecule has 0 amide bonds. The molecule has 4 heteroatoms. The maximum absolute atomic E-state index is 9.04. The first-order valence-electron chi connectivity index (χ1n) is 5.19. The van der Waals surface area contributed by atoms with Gasteiger partial charge in [-0.3, -0.25) is 0 Å². The molecule has 0 aromatic carbocycles. The van der Waals surface area contributed by atoms with Crippen LogP contribution in [-0.4, -0.2) is 22.2 Å². The Hall–Kier alpha value is -1.00. The second-order valence-electron chi connectivity index (χ2n) is 3.53. The first-order chi connectivity index (χ1) is 7.21. The quantitative estimate of drug-likeness (QED) is 0.804. The Morgan fingerprint density at radius 3 is 2.73 bits per heavy atom. The predicted molar refractivity (Wildman–Crippen MR) is 57.3 cm³/mol. The highest BCUT2D eigenvalue weighted by Gasteiger charge is 2.13. The minimum absolute atomic E-state index is 0.0566. The number of rotatable bonds is 5. The number of methoxy groups -OCH3 is 1. The summed E-state index contributed by atoms with van der Waals surface area (Å²) in [5.41, 5.74) is 1.51. The smallest absolute Gasteiger partial charge is 0.157 e. The van der Waals surface area contributed by atoms with E-state index in [1.165, 1.54) is 0 Å². The van der Waals surface area contributed by atoms with E-state index >= 15 is 0 Å². The molecule has 1 aromatic rings. The highest BCUT2D eigenvalue weighted by Crippen LogP contribution is 2.18. The summed E-state index contributed by atoms with van der Waals surface area (Å²) in [7, 11) is 1.66. The Bertz CT molecular complexity index is 315. The molecule has 84 valence electrons. The third-order valence-electron chi connectivity index (χ3n) is 2.21. The zero-order valence-electron chi connectivity index (χ0n) is 9.53. The Kier molecular flexibility index (Phi) is 4.65. The molecule has 0 saturated carbocycles. The molecule has 0 aliphatic carbocycles. The molecule has 1 heterocycles. The molecule has 4 nitrogen and oxygen atoms in total. The van der Waals surface area contributed by atoms with Crippen molar-refractivity contribution >= 4 is 0 Å². The Labute approximate surface area is 90.3 Å². The standard InChI is InChI=1S/C11H18N2O2/c1-4-5-10(15-3)11-12-8(2)6-9(7-14)13-11/h6,10,14H,4-5,7H2,1-3H3. The van der Waals surface area contributed by atoms with Crippen LogP contribution in [0.15, 0.2) is 6.07 Å². The Morgan fingerprint density at radius 1 is 1.47 bits per heavy atom. The third kappa shape index (κ3) is 3.25. The molecule has 1 rings (SSSR count). The van der Waals surface area contributed by atoms with Gasteiger partial charge >= 0.3 is 0 Å². The molecule has 0 aliphatic rings. The minimum atomic E-state index is -0.0693. The number of hydrogen-bond donors (Lipinski definition) is 1. The van der Waals surface area contributed by atoms with Gasteiger partial charge < -0.3 is 9.84 Å². The molecule has 1 N–H and O–H groups in total. The topological polar surface area (TPSA) is 55.2 Å². The Balaban J connectivity index is 2.95. The van der Waals surface area contributed by atoms with Crippen molar-refractivity contribution in [3.63, 3.8) is 0 Å². The number of hydrogen-bond acceptors (Lipinski definition) is 4. The van der Waals surface area contributed by atoms with Gasteiger partial charge in [-0.15, -0.1) is 0 Å². The number of nitrogens with zero attached hydrogens (tertiary/aromatic N) is 2. The zero-order valence-corrected chi connectivity index (χ0v) is 9.53. The molecule has 0 spiro atoms. The van der Waals surface area contributed by atoms with Gasteiger partial charge in [0.2, 0.25) is 0 Å². The number of aliphatic hydroxyl groups is 1. The van der Waals surface area contributed by atoms with Crippen molar-refractivity contribution in [1.29, 1.82) is 0 Å². The van der Waals surface area contributed by atoms with Crippen molar-refractivity contribution in [2.45, 2.75) is 39.4 Å². The van der Waals surface area contributed by atoms with E-state index in [-0.39, 0.29) is 12.7 Å². The summed E-state index contributed by atoms with van der Waals surface area (Å²) in [4.78, 5) is 8.58. The van der Waals surface area contributed by atoms with Crippen LogP contribution in [0, 0.1) is 6.92 Å². The van der Waals surface area contributed by atoms with Gasteiger partial charge in [0.15, 0.2) is 5.82 Å². The molecule has 1 atom stereocenters. The van der Waals surface area contributed by atoms with E-state index in [4.69, 9.17) is 9.84 Å². The molecule has 0 aliphatic heterocycles. The summed E-state index contributed by atoms with van der Waals surface area (Å²) in [5.74, 6) is 0.670.